The molecule has 24 heavy (non-hydrogen) atoms. The SMILES string of the molecule is C[C@@H](CO)NC(=O)[C@@H]1C=C2C3C=CC=C4NC=C(C[C@H]2N(C)C1)C43. The molecule has 2 unspecified atom stereocenters. The second kappa shape index (κ2) is 5.90. The van der Waals surface area contributed by atoms with Crippen molar-refractivity contribution >= 4 is 5.91 Å². The molecule has 0 radical (unpaired) electrons. The van der Waals surface area contributed by atoms with Gasteiger partial charge in [-0.3, -0.25) is 9.69 Å². The van der Waals surface area contributed by atoms with Crippen LogP contribution < -0.4 is 10.6 Å². The van der Waals surface area contributed by atoms with Gasteiger partial charge in [0.2, 0.25) is 5.91 Å². The number of nitrogens with zero attached hydrogens (tertiary/aromatic N) is 1. The van der Waals surface area contributed by atoms with Crippen molar-refractivity contribution in [2.75, 3.05) is 20.2 Å². The summed E-state index contributed by atoms with van der Waals surface area (Å²) in [7, 11) is 2.11. The van der Waals surface area contributed by atoms with Crippen LogP contribution in [0.3, 0.4) is 0 Å². The number of aliphatic hydroxyl groups is 1. The molecule has 0 aromatic rings. The second-order valence-electron chi connectivity index (χ2n) is 7.40. The minimum atomic E-state index is -0.206. The molecule has 1 saturated carbocycles. The summed E-state index contributed by atoms with van der Waals surface area (Å²) in [5, 5.41) is 15.5. The van der Waals surface area contributed by atoms with Gasteiger partial charge in [0.25, 0.3) is 0 Å². The predicted molar refractivity (Wildman–Crippen MR) is 92.7 cm³/mol. The molecule has 0 aromatic heterocycles. The van der Waals surface area contributed by atoms with Gasteiger partial charge in [0.15, 0.2) is 0 Å². The predicted octanol–water partition coefficient (Wildman–Crippen LogP) is 0.917. The maximum absolute atomic E-state index is 12.5. The average Bonchev–Trinajstić information content (AvgIpc) is 3.00. The van der Waals surface area contributed by atoms with E-state index >= 15 is 0 Å². The summed E-state index contributed by atoms with van der Waals surface area (Å²) in [6.07, 6.45) is 12.0. The largest absolute Gasteiger partial charge is 0.394 e. The molecule has 5 atom stereocenters. The molecule has 5 nitrogen and oxygen atoms in total. The van der Waals surface area contributed by atoms with Crippen molar-refractivity contribution in [3.8, 4) is 0 Å². The minimum Gasteiger partial charge on any atom is -0.394 e. The fourth-order valence-electron chi connectivity index (χ4n) is 4.48. The van der Waals surface area contributed by atoms with Gasteiger partial charge in [0, 0.05) is 42.4 Å². The van der Waals surface area contributed by atoms with Crippen molar-refractivity contribution in [2.24, 2.45) is 17.8 Å². The van der Waals surface area contributed by atoms with Crippen LogP contribution in [0.4, 0.5) is 0 Å². The van der Waals surface area contributed by atoms with Gasteiger partial charge >= 0.3 is 0 Å². The van der Waals surface area contributed by atoms with Crippen LogP contribution in [0.5, 0.6) is 0 Å². The first-order valence-electron chi connectivity index (χ1n) is 8.75. The molecule has 0 spiro atoms. The van der Waals surface area contributed by atoms with Crippen molar-refractivity contribution in [3.05, 3.63) is 47.3 Å². The third-order valence-electron chi connectivity index (χ3n) is 5.72. The van der Waals surface area contributed by atoms with Crippen LogP contribution in [-0.4, -0.2) is 48.2 Å². The van der Waals surface area contributed by atoms with Crippen LogP contribution in [0.1, 0.15) is 13.3 Å². The van der Waals surface area contributed by atoms with Gasteiger partial charge in [-0.25, -0.2) is 0 Å². The highest BCUT2D eigenvalue weighted by Crippen LogP contribution is 2.48. The Morgan fingerprint density at radius 3 is 3.17 bits per heavy atom. The third kappa shape index (κ3) is 2.43. The number of fused-ring (bicyclic) bond motifs is 2. The van der Waals surface area contributed by atoms with Gasteiger partial charge in [0.05, 0.1) is 12.5 Å². The molecule has 0 bridgehead atoms. The van der Waals surface area contributed by atoms with E-state index in [0.29, 0.717) is 17.9 Å². The molecule has 1 fully saturated rings. The fourth-order valence-corrected chi connectivity index (χ4v) is 4.48. The molecular weight excluding hydrogens is 302 g/mol. The van der Waals surface area contributed by atoms with Gasteiger partial charge in [0.1, 0.15) is 0 Å². The summed E-state index contributed by atoms with van der Waals surface area (Å²) in [4.78, 5) is 14.9. The quantitative estimate of drug-likeness (QED) is 0.675. The Morgan fingerprint density at radius 2 is 2.38 bits per heavy atom. The first kappa shape index (κ1) is 15.7. The fraction of sp³-hybridized carbons (Fsp3) is 0.526. The highest BCUT2D eigenvalue weighted by Gasteiger charge is 2.45. The van der Waals surface area contributed by atoms with Gasteiger partial charge in [-0.2, -0.15) is 0 Å². The highest BCUT2D eigenvalue weighted by atomic mass is 16.3. The normalized spacial score (nSPS) is 35.0. The molecule has 1 amide bonds. The molecule has 0 saturated heterocycles. The Kier molecular flexibility index (Phi) is 3.85. The summed E-state index contributed by atoms with van der Waals surface area (Å²) >= 11 is 0. The molecule has 128 valence electrons. The van der Waals surface area contributed by atoms with Crippen LogP contribution in [0.25, 0.3) is 0 Å². The summed E-state index contributed by atoms with van der Waals surface area (Å²) in [5.74, 6) is 0.621. The summed E-state index contributed by atoms with van der Waals surface area (Å²) in [6, 6.07) is 0.170. The van der Waals surface area contributed by atoms with E-state index in [2.05, 4.69) is 53.1 Å². The lowest BCUT2D eigenvalue weighted by atomic mass is 9.66. The number of nitrogens with one attached hydrogen (secondary N) is 2. The number of aliphatic hydroxyl groups excluding tert-OH is 1. The van der Waals surface area contributed by atoms with E-state index in [1.807, 2.05) is 6.92 Å². The van der Waals surface area contributed by atoms with Crippen LogP contribution in [0, 0.1) is 17.8 Å². The number of hydrogen-bond donors (Lipinski definition) is 3. The van der Waals surface area contributed by atoms with Crippen LogP contribution in [0.2, 0.25) is 0 Å². The van der Waals surface area contributed by atoms with Crippen molar-refractivity contribution in [1.82, 2.24) is 15.5 Å². The number of hydrogen-bond acceptors (Lipinski definition) is 4. The van der Waals surface area contributed by atoms with E-state index < -0.39 is 0 Å². The second-order valence-corrected chi connectivity index (χ2v) is 7.40. The van der Waals surface area contributed by atoms with Crippen LogP contribution >= 0.6 is 0 Å². The lowest BCUT2D eigenvalue weighted by Gasteiger charge is -2.46. The molecule has 3 N–H and O–H groups in total. The standard InChI is InChI=1S/C19H25N3O2/c1-11(10-23)21-19(24)13-6-15-14-4-3-5-16-18(14)12(8-20-16)7-17(15)22(2)9-13/h3-6,8,11,13-14,17-18,20,23H,7,9-10H2,1-2H3,(H,21,24)/t11-,13+,14?,17+,18?/m0/s1. The Morgan fingerprint density at radius 1 is 1.54 bits per heavy atom. The average molecular weight is 327 g/mol. The zero-order valence-corrected chi connectivity index (χ0v) is 14.2. The maximum Gasteiger partial charge on any atom is 0.228 e. The summed E-state index contributed by atoms with van der Waals surface area (Å²) in [6.45, 7) is 2.51. The number of carbonyl (C=O) groups is 1. The van der Waals surface area contributed by atoms with E-state index in [0.717, 1.165) is 13.0 Å². The molecule has 4 rings (SSSR count). The number of rotatable bonds is 3. The minimum absolute atomic E-state index is 0.00999. The molecule has 0 aromatic carbocycles. The van der Waals surface area contributed by atoms with E-state index in [1.54, 1.807) is 0 Å². The monoisotopic (exact) mass is 327 g/mol. The van der Waals surface area contributed by atoms with Crippen molar-refractivity contribution in [2.45, 2.75) is 25.4 Å². The highest BCUT2D eigenvalue weighted by molar-refractivity contribution is 5.81. The summed E-state index contributed by atoms with van der Waals surface area (Å²) in [5.41, 5.74) is 4.12. The van der Waals surface area contributed by atoms with E-state index in [9.17, 15) is 9.90 Å². The van der Waals surface area contributed by atoms with Gasteiger partial charge in [-0.15, -0.1) is 0 Å². The smallest absolute Gasteiger partial charge is 0.228 e. The van der Waals surface area contributed by atoms with Crippen molar-refractivity contribution in [3.63, 3.8) is 0 Å². The van der Waals surface area contributed by atoms with Gasteiger partial charge in [-0.05, 0) is 37.6 Å². The molecule has 4 aliphatic rings. The molecule has 2 aliphatic carbocycles. The van der Waals surface area contributed by atoms with Crippen molar-refractivity contribution < 1.29 is 9.90 Å². The zero-order chi connectivity index (χ0) is 16.8. The molecular formula is C19H25N3O2. The Bertz CT molecular complexity index is 676. The van der Waals surface area contributed by atoms with E-state index in [1.165, 1.54) is 16.8 Å². The maximum atomic E-state index is 12.5. The third-order valence-corrected chi connectivity index (χ3v) is 5.72. The number of allylic oxidation sites excluding steroid dienone is 4. The Balaban J connectivity index is 1.63. The summed E-state index contributed by atoms with van der Waals surface area (Å²) < 4.78 is 0. The van der Waals surface area contributed by atoms with Gasteiger partial charge < -0.3 is 15.7 Å². The molecule has 5 heteroatoms. The van der Waals surface area contributed by atoms with Crippen molar-refractivity contribution in [1.29, 1.82) is 0 Å². The van der Waals surface area contributed by atoms with Crippen LogP contribution in [-0.2, 0) is 4.79 Å². The first-order valence-corrected chi connectivity index (χ1v) is 8.75. The number of amides is 1. The first-order chi connectivity index (χ1) is 11.6. The molecule has 2 aliphatic heterocycles. The lowest BCUT2D eigenvalue weighted by Crippen LogP contribution is -2.50. The molecule has 2 heterocycles. The van der Waals surface area contributed by atoms with E-state index in [-0.39, 0.29) is 24.5 Å². The Hall–Kier alpha value is -1.85. The van der Waals surface area contributed by atoms with Gasteiger partial charge in [-0.1, -0.05) is 18.2 Å². The number of likely N-dealkylation sites (N-methyl/N-ethyl adjacent to an activating group) is 1. The number of carbonyl (C=O) groups excluding carboxylic acids is 1. The Labute approximate surface area is 142 Å². The van der Waals surface area contributed by atoms with E-state index in [4.69, 9.17) is 0 Å². The zero-order valence-electron chi connectivity index (χ0n) is 14.2. The lowest BCUT2D eigenvalue weighted by molar-refractivity contribution is -0.125. The van der Waals surface area contributed by atoms with Crippen LogP contribution in [0.15, 0.2) is 47.3 Å². The topological polar surface area (TPSA) is 64.6 Å².